The molecule has 1 heterocycles. The zero-order valence-corrected chi connectivity index (χ0v) is 9.50. The van der Waals surface area contributed by atoms with Crippen molar-refractivity contribution >= 4 is 17.3 Å². The molecule has 80 valence electrons. The van der Waals surface area contributed by atoms with Gasteiger partial charge in [-0.15, -0.1) is 11.3 Å². The maximum absolute atomic E-state index is 11.6. The quantitative estimate of drug-likeness (QED) is 0.731. The van der Waals surface area contributed by atoms with Crippen molar-refractivity contribution in [1.29, 1.82) is 5.26 Å². The van der Waals surface area contributed by atoms with Crippen molar-refractivity contribution in [3.05, 3.63) is 16.6 Å². The second-order valence-corrected chi connectivity index (χ2v) is 4.28. The molecule has 0 radical (unpaired) electrons. The molecule has 1 atom stereocenters. The molecule has 5 heteroatoms. The smallest absolute Gasteiger partial charge is 0.326 e. The largest absolute Gasteiger partial charge is 0.465 e. The monoisotopic (exact) mass is 224 g/mol. The summed E-state index contributed by atoms with van der Waals surface area (Å²) in [6, 6.07) is 2.01. The Morgan fingerprint density at radius 2 is 2.53 bits per heavy atom. The molecule has 0 bridgehead atoms. The van der Waals surface area contributed by atoms with Gasteiger partial charge in [-0.1, -0.05) is 0 Å². The van der Waals surface area contributed by atoms with Gasteiger partial charge in [-0.25, -0.2) is 0 Å². The number of aromatic nitrogens is 1. The van der Waals surface area contributed by atoms with Crippen LogP contribution >= 0.6 is 11.3 Å². The highest BCUT2D eigenvalue weighted by molar-refractivity contribution is 7.09. The minimum atomic E-state index is -1.11. The lowest BCUT2D eigenvalue weighted by Gasteiger charge is -2.17. The third kappa shape index (κ3) is 2.77. The molecule has 0 spiro atoms. The number of thiazole rings is 1. The van der Waals surface area contributed by atoms with E-state index in [0.717, 1.165) is 4.88 Å². The van der Waals surface area contributed by atoms with E-state index in [4.69, 9.17) is 10.00 Å². The van der Waals surface area contributed by atoms with Crippen LogP contribution in [0.1, 0.15) is 18.7 Å². The molecule has 1 aromatic heterocycles. The van der Waals surface area contributed by atoms with Crippen LogP contribution in [-0.2, 0) is 16.0 Å². The van der Waals surface area contributed by atoms with Crippen LogP contribution in [0.4, 0.5) is 0 Å². The molecule has 1 rings (SSSR count). The predicted molar refractivity (Wildman–Crippen MR) is 56.2 cm³/mol. The number of carbonyl (C=O) groups excluding carboxylic acids is 1. The van der Waals surface area contributed by atoms with Crippen molar-refractivity contribution < 1.29 is 9.53 Å². The fraction of sp³-hybridized carbons (Fsp3) is 0.500. The first-order chi connectivity index (χ1) is 7.12. The summed E-state index contributed by atoms with van der Waals surface area (Å²) in [5.41, 5.74) is 0.570. The number of ether oxygens (including phenoxy) is 1. The average Bonchev–Trinajstić information content (AvgIpc) is 2.70. The Morgan fingerprint density at radius 1 is 1.80 bits per heavy atom. The normalized spacial score (nSPS) is 13.9. The first-order valence-corrected chi connectivity index (χ1v) is 5.46. The predicted octanol–water partition coefficient (Wildman–Crippen LogP) is 1.78. The Bertz CT molecular complexity index is 369. The summed E-state index contributed by atoms with van der Waals surface area (Å²) in [7, 11) is 0. The van der Waals surface area contributed by atoms with Gasteiger partial charge in [0.25, 0.3) is 0 Å². The fourth-order valence-electron chi connectivity index (χ4n) is 1.13. The summed E-state index contributed by atoms with van der Waals surface area (Å²) in [5, 5.41) is 9.01. The van der Waals surface area contributed by atoms with Crippen LogP contribution in [0.25, 0.3) is 0 Å². The summed E-state index contributed by atoms with van der Waals surface area (Å²) >= 11 is 1.43. The summed E-state index contributed by atoms with van der Waals surface area (Å²) in [6.45, 7) is 3.60. The van der Waals surface area contributed by atoms with E-state index >= 15 is 0 Å². The second-order valence-electron chi connectivity index (χ2n) is 3.31. The number of rotatable bonds is 4. The molecule has 4 nitrogen and oxygen atoms in total. The Labute approximate surface area is 92.5 Å². The van der Waals surface area contributed by atoms with Crippen molar-refractivity contribution in [1.82, 2.24) is 4.98 Å². The minimum absolute atomic E-state index is 0.290. The first kappa shape index (κ1) is 11.7. The molecule has 1 unspecified atom stereocenters. The lowest BCUT2D eigenvalue weighted by molar-refractivity contribution is -0.151. The van der Waals surface area contributed by atoms with E-state index < -0.39 is 11.4 Å². The van der Waals surface area contributed by atoms with E-state index in [1.165, 1.54) is 11.3 Å². The number of nitrogens with zero attached hydrogens (tertiary/aromatic N) is 2. The molecule has 15 heavy (non-hydrogen) atoms. The zero-order chi connectivity index (χ0) is 11.3. The lowest BCUT2D eigenvalue weighted by Crippen LogP contribution is -2.30. The van der Waals surface area contributed by atoms with Gasteiger partial charge in [0.15, 0.2) is 5.41 Å². The molecular weight excluding hydrogens is 212 g/mol. The molecule has 0 N–H and O–H groups in total. The van der Waals surface area contributed by atoms with Crippen LogP contribution in [-0.4, -0.2) is 17.6 Å². The lowest BCUT2D eigenvalue weighted by atomic mass is 9.88. The number of carbonyl (C=O) groups is 1. The molecule has 0 aliphatic carbocycles. The standard InChI is InChI=1S/C10H12N2O2S/c1-3-14-9(13)10(2,6-11)4-8-5-12-7-15-8/h5,7H,3-4H2,1-2H3. The van der Waals surface area contributed by atoms with Gasteiger partial charge >= 0.3 is 5.97 Å². The van der Waals surface area contributed by atoms with E-state index in [2.05, 4.69) is 4.98 Å². The van der Waals surface area contributed by atoms with Crippen LogP contribution in [0.5, 0.6) is 0 Å². The van der Waals surface area contributed by atoms with Gasteiger partial charge in [0.1, 0.15) is 0 Å². The van der Waals surface area contributed by atoms with E-state index in [1.54, 1.807) is 25.6 Å². The Balaban J connectivity index is 2.78. The van der Waals surface area contributed by atoms with Gasteiger partial charge in [0.2, 0.25) is 0 Å². The fourth-order valence-corrected chi connectivity index (χ4v) is 1.88. The maximum Gasteiger partial charge on any atom is 0.326 e. The van der Waals surface area contributed by atoms with Crippen LogP contribution in [0, 0.1) is 16.7 Å². The van der Waals surface area contributed by atoms with E-state index in [1.807, 2.05) is 6.07 Å². The van der Waals surface area contributed by atoms with Gasteiger partial charge in [-0.2, -0.15) is 5.26 Å². The molecule has 0 aliphatic heterocycles. The number of hydrogen-bond donors (Lipinski definition) is 0. The first-order valence-electron chi connectivity index (χ1n) is 4.58. The van der Waals surface area contributed by atoms with Gasteiger partial charge in [-0.3, -0.25) is 9.78 Å². The molecule has 0 fully saturated rings. The molecule has 0 saturated carbocycles. The molecule has 1 aromatic rings. The Hall–Kier alpha value is -1.41. The van der Waals surface area contributed by atoms with E-state index in [-0.39, 0.29) is 0 Å². The van der Waals surface area contributed by atoms with Crippen LogP contribution in [0.3, 0.4) is 0 Å². The summed E-state index contributed by atoms with van der Waals surface area (Å²) in [5.74, 6) is -0.471. The average molecular weight is 224 g/mol. The third-order valence-electron chi connectivity index (χ3n) is 1.98. The molecule has 0 saturated heterocycles. The number of hydrogen-bond acceptors (Lipinski definition) is 5. The van der Waals surface area contributed by atoms with Gasteiger partial charge in [0.05, 0.1) is 18.2 Å². The molecule has 0 aliphatic rings. The zero-order valence-electron chi connectivity index (χ0n) is 8.69. The second kappa shape index (κ2) is 4.89. The number of nitriles is 1. The van der Waals surface area contributed by atoms with Gasteiger partial charge in [0, 0.05) is 17.5 Å². The van der Waals surface area contributed by atoms with E-state index in [9.17, 15) is 4.79 Å². The van der Waals surface area contributed by atoms with E-state index in [0.29, 0.717) is 13.0 Å². The molecule has 0 amide bonds. The van der Waals surface area contributed by atoms with Crippen LogP contribution < -0.4 is 0 Å². The topological polar surface area (TPSA) is 63.0 Å². The van der Waals surface area contributed by atoms with Crippen molar-refractivity contribution in [2.75, 3.05) is 6.61 Å². The maximum atomic E-state index is 11.6. The minimum Gasteiger partial charge on any atom is -0.465 e. The highest BCUT2D eigenvalue weighted by atomic mass is 32.1. The third-order valence-corrected chi connectivity index (χ3v) is 2.76. The Kier molecular flexibility index (Phi) is 3.81. The van der Waals surface area contributed by atoms with Crippen molar-refractivity contribution in [3.63, 3.8) is 0 Å². The van der Waals surface area contributed by atoms with Crippen molar-refractivity contribution in [3.8, 4) is 6.07 Å². The summed E-state index contributed by atoms with van der Waals surface area (Å²) < 4.78 is 4.87. The van der Waals surface area contributed by atoms with Crippen molar-refractivity contribution in [2.24, 2.45) is 5.41 Å². The van der Waals surface area contributed by atoms with Gasteiger partial charge in [-0.05, 0) is 13.8 Å². The van der Waals surface area contributed by atoms with Crippen LogP contribution in [0.15, 0.2) is 11.7 Å². The SMILES string of the molecule is CCOC(=O)C(C)(C#N)Cc1cncs1. The van der Waals surface area contributed by atoms with Crippen molar-refractivity contribution in [2.45, 2.75) is 20.3 Å². The molecular formula is C10H12N2O2S. The summed E-state index contributed by atoms with van der Waals surface area (Å²) in [6.07, 6.45) is 2.02. The summed E-state index contributed by atoms with van der Waals surface area (Å²) in [4.78, 5) is 16.4. The highest BCUT2D eigenvalue weighted by Crippen LogP contribution is 2.25. The van der Waals surface area contributed by atoms with Gasteiger partial charge < -0.3 is 4.74 Å². The highest BCUT2D eigenvalue weighted by Gasteiger charge is 2.35. The molecule has 0 aromatic carbocycles. The Morgan fingerprint density at radius 3 is 3.00 bits per heavy atom. The number of esters is 1. The van der Waals surface area contributed by atoms with Crippen LogP contribution in [0.2, 0.25) is 0 Å².